The highest BCUT2D eigenvalue weighted by Gasteiger charge is 2.19. The van der Waals surface area contributed by atoms with Crippen molar-refractivity contribution in [3.63, 3.8) is 0 Å². The van der Waals surface area contributed by atoms with Gasteiger partial charge in [0.2, 0.25) is 0 Å². The molecule has 2 rings (SSSR count). The molecular weight excluding hydrogens is 202 g/mol. The highest BCUT2D eigenvalue weighted by atomic mass is 32.2. The van der Waals surface area contributed by atoms with E-state index in [9.17, 15) is 0 Å². The Kier molecular flexibility index (Phi) is 3.57. The van der Waals surface area contributed by atoms with Crippen LogP contribution >= 0.6 is 23.1 Å². The molecule has 1 aromatic heterocycles. The fourth-order valence-corrected chi connectivity index (χ4v) is 2.52. The van der Waals surface area contributed by atoms with E-state index in [0.29, 0.717) is 0 Å². The molecule has 1 aliphatic rings. The number of rotatable bonds is 6. The Bertz CT molecular complexity index is 234. The maximum Gasteiger partial charge on any atom is 0.174 e. The molecule has 0 spiro atoms. The first-order valence-electron chi connectivity index (χ1n) is 4.55. The summed E-state index contributed by atoms with van der Waals surface area (Å²) in [6, 6.07) is 0. The third-order valence-electron chi connectivity index (χ3n) is 1.97. The molecule has 1 fully saturated rings. The topological polar surface area (TPSA) is 37.8 Å². The van der Waals surface area contributed by atoms with Crippen molar-refractivity contribution in [2.75, 3.05) is 18.8 Å². The molecule has 1 aromatic rings. The summed E-state index contributed by atoms with van der Waals surface area (Å²) in [6.07, 6.45) is 2.85. The smallest absolute Gasteiger partial charge is 0.174 e. The number of nitrogens with one attached hydrogen (secondary N) is 1. The molecule has 0 saturated heterocycles. The SMILES string of the molecule is c1nnc(SCCNCC2CC2)s1. The van der Waals surface area contributed by atoms with Gasteiger partial charge in [-0.05, 0) is 25.3 Å². The van der Waals surface area contributed by atoms with E-state index in [-0.39, 0.29) is 0 Å². The van der Waals surface area contributed by atoms with Crippen molar-refractivity contribution >= 4 is 23.1 Å². The summed E-state index contributed by atoms with van der Waals surface area (Å²) < 4.78 is 1.08. The first-order valence-corrected chi connectivity index (χ1v) is 6.41. The van der Waals surface area contributed by atoms with Crippen LogP contribution in [0.5, 0.6) is 0 Å². The molecule has 3 nitrogen and oxygen atoms in total. The van der Waals surface area contributed by atoms with E-state index >= 15 is 0 Å². The quantitative estimate of drug-likeness (QED) is 0.578. The Morgan fingerprint density at radius 2 is 2.54 bits per heavy atom. The van der Waals surface area contributed by atoms with Gasteiger partial charge < -0.3 is 5.32 Å². The van der Waals surface area contributed by atoms with E-state index in [1.807, 2.05) is 0 Å². The van der Waals surface area contributed by atoms with Crippen molar-refractivity contribution in [2.45, 2.75) is 17.2 Å². The van der Waals surface area contributed by atoms with Crippen LogP contribution in [0.4, 0.5) is 0 Å². The lowest BCUT2D eigenvalue weighted by atomic mass is 10.4. The lowest BCUT2D eigenvalue weighted by Crippen LogP contribution is -2.19. The van der Waals surface area contributed by atoms with Crippen LogP contribution in [0, 0.1) is 5.92 Å². The normalized spacial score (nSPS) is 16.3. The van der Waals surface area contributed by atoms with Gasteiger partial charge in [0.25, 0.3) is 0 Å². The van der Waals surface area contributed by atoms with Crippen molar-refractivity contribution in [2.24, 2.45) is 5.92 Å². The zero-order valence-corrected chi connectivity index (χ0v) is 9.03. The standard InChI is InChI=1S/C8H13N3S2/c1-2-7(1)5-9-3-4-12-8-11-10-6-13-8/h6-7,9H,1-5H2. The van der Waals surface area contributed by atoms with Crippen LogP contribution in [0.15, 0.2) is 9.85 Å². The summed E-state index contributed by atoms with van der Waals surface area (Å²) >= 11 is 3.39. The summed E-state index contributed by atoms with van der Waals surface area (Å²) in [5.41, 5.74) is 1.78. The van der Waals surface area contributed by atoms with Gasteiger partial charge >= 0.3 is 0 Å². The molecule has 1 saturated carbocycles. The van der Waals surface area contributed by atoms with Crippen LogP contribution in [0.1, 0.15) is 12.8 Å². The summed E-state index contributed by atoms with van der Waals surface area (Å²) in [7, 11) is 0. The molecule has 0 radical (unpaired) electrons. The second-order valence-electron chi connectivity index (χ2n) is 3.20. The predicted octanol–water partition coefficient (Wildman–Crippen LogP) is 1.63. The van der Waals surface area contributed by atoms with Gasteiger partial charge in [0.05, 0.1) is 0 Å². The minimum absolute atomic E-state index is 0.978. The molecule has 0 amide bonds. The summed E-state index contributed by atoms with van der Waals surface area (Å²) in [5, 5.41) is 11.2. The first-order chi connectivity index (χ1) is 6.45. The van der Waals surface area contributed by atoms with Crippen molar-refractivity contribution < 1.29 is 0 Å². The number of aromatic nitrogens is 2. The van der Waals surface area contributed by atoms with Crippen molar-refractivity contribution in [1.82, 2.24) is 15.5 Å². The largest absolute Gasteiger partial charge is 0.316 e. The fourth-order valence-electron chi connectivity index (χ4n) is 1.06. The Morgan fingerprint density at radius 3 is 3.23 bits per heavy atom. The van der Waals surface area contributed by atoms with E-state index in [1.54, 1.807) is 28.6 Å². The van der Waals surface area contributed by atoms with E-state index in [0.717, 1.165) is 22.6 Å². The molecule has 0 unspecified atom stereocenters. The molecule has 0 atom stereocenters. The summed E-state index contributed by atoms with van der Waals surface area (Å²) in [4.78, 5) is 0. The monoisotopic (exact) mass is 215 g/mol. The molecule has 1 aliphatic carbocycles. The van der Waals surface area contributed by atoms with E-state index < -0.39 is 0 Å². The Balaban J connectivity index is 1.48. The molecule has 1 heterocycles. The highest BCUT2D eigenvalue weighted by Crippen LogP contribution is 2.27. The first kappa shape index (κ1) is 9.43. The highest BCUT2D eigenvalue weighted by molar-refractivity contribution is 8.01. The van der Waals surface area contributed by atoms with Crippen LogP contribution in [0.2, 0.25) is 0 Å². The summed E-state index contributed by atoms with van der Waals surface area (Å²) in [5.74, 6) is 2.08. The summed E-state index contributed by atoms with van der Waals surface area (Å²) in [6.45, 7) is 2.29. The molecular formula is C8H13N3S2. The lowest BCUT2D eigenvalue weighted by Gasteiger charge is -2.00. The minimum atomic E-state index is 0.978. The van der Waals surface area contributed by atoms with Gasteiger partial charge in [0, 0.05) is 12.3 Å². The predicted molar refractivity (Wildman–Crippen MR) is 56.2 cm³/mol. The van der Waals surface area contributed by atoms with Crippen molar-refractivity contribution in [3.05, 3.63) is 5.51 Å². The Labute approximate surface area is 86.3 Å². The lowest BCUT2D eigenvalue weighted by molar-refractivity contribution is 0.666. The van der Waals surface area contributed by atoms with Crippen LogP contribution in [-0.2, 0) is 0 Å². The van der Waals surface area contributed by atoms with E-state index in [2.05, 4.69) is 15.5 Å². The number of hydrogen-bond donors (Lipinski definition) is 1. The van der Waals surface area contributed by atoms with Gasteiger partial charge in [0.1, 0.15) is 5.51 Å². The zero-order valence-electron chi connectivity index (χ0n) is 7.40. The third-order valence-corrected chi connectivity index (χ3v) is 3.84. The minimum Gasteiger partial charge on any atom is -0.316 e. The van der Waals surface area contributed by atoms with Crippen molar-refractivity contribution in [1.29, 1.82) is 0 Å². The fraction of sp³-hybridized carbons (Fsp3) is 0.750. The van der Waals surface area contributed by atoms with E-state index in [4.69, 9.17) is 0 Å². The molecule has 5 heteroatoms. The van der Waals surface area contributed by atoms with E-state index in [1.165, 1.54) is 19.4 Å². The average Bonchev–Trinajstić information content (AvgIpc) is 2.81. The average molecular weight is 215 g/mol. The second-order valence-corrected chi connectivity index (χ2v) is 5.38. The second kappa shape index (κ2) is 4.93. The maximum atomic E-state index is 3.97. The van der Waals surface area contributed by atoms with Crippen LogP contribution in [-0.4, -0.2) is 29.0 Å². The Hall–Kier alpha value is -0.130. The van der Waals surface area contributed by atoms with Gasteiger partial charge in [-0.25, -0.2) is 0 Å². The van der Waals surface area contributed by atoms with Crippen molar-refractivity contribution in [3.8, 4) is 0 Å². The third kappa shape index (κ3) is 3.62. The maximum absolute atomic E-state index is 3.97. The molecule has 13 heavy (non-hydrogen) atoms. The van der Waals surface area contributed by atoms with Crippen LogP contribution in [0.25, 0.3) is 0 Å². The van der Waals surface area contributed by atoms with Gasteiger partial charge in [-0.15, -0.1) is 10.2 Å². The number of hydrogen-bond acceptors (Lipinski definition) is 5. The zero-order chi connectivity index (χ0) is 8.93. The van der Waals surface area contributed by atoms with Gasteiger partial charge in [-0.3, -0.25) is 0 Å². The molecule has 0 aromatic carbocycles. The molecule has 72 valence electrons. The number of nitrogens with zero attached hydrogens (tertiary/aromatic N) is 2. The Morgan fingerprint density at radius 1 is 1.62 bits per heavy atom. The van der Waals surface area contributed by atoms with Gasteiger partial charge in [0.15, 0.2) is 4.34 Å². The van der Waals surface area contributed by atoms with Gasteiger partial charge in [-0.1, -0.05) is 23.1 Å². The number of thioether (sulfide) groups is 1. The van der Waals surface area contributed by atoms with Gasteiger partial charge in [-0.2, -0.15) is 0 Å². The molecule has 0 aliphatic heterocycles. The molecule has 1 N–H and O–H groups in total. The van der Waals surface area contributed by atoms with Crippen LogP contribution < -0.4 is 5.32 Å². The van der Waals surface area contributed by atoms with Crippen LogP contribution in [0.3, 0.4) is 0 Å². The molecule has 0 bridgehead atoms.